The summed E-state index contributed by atoms with van der Waals surface area (Å²) in [6.45, 7) is 2.82. The van der Waals surface area contributed by atoms with Gasteiger partial charge in [0.2, 0.25) is 0 Å². The maximum atomic E-state index is 13.2. The van der Waals surface area contributed by atoms with Crippen LogP contribution in [-0.2, 0) is 6.54 Å². The van der Waals surface area contributed by atoms with Crippen LogP contribution in [0.1, 0.15) is 10.4 Å². The van der Waals surface area contributed by atoms with Gasteiger partial charge in [0.25, 0.3) is 0 Å². The van der Waals surface area contributed by atoms with Gasteiger partial charge in [-0.3, -0.25) is 0 Å². The molecule has 0 aliphatic rings. The normalized spacial score (nSPS) is 10.4. The number of hydrogen-bond acceptors (Lipinski definition) is 2. The zero-order valence-electron chi connectivity index (χ0n) is 8.76. The van der Waals surface area contributed by atoms with E-state index >= 15 is 0 Å². The topological polar surface area (TPSA) is 12.0 Å². The van der Waals surface area contributed by atoms with Crippen molar-refractivity contribution in [2.24, 2.45) is 0 Å². The van der Waals surface area contributed by atoms with Gasteiger partial charge in [-0.2, -0.15) is 0 Å². The molecule has 84 valence electrons. The third-order valence-electron chi connectivity index (χ3n) is 2.34. The van der Waals surface area contributed by atoms with E-state index in [1.807, 2.05) is 6.07 Å². The SMILES string of the molecule is Cc1ccsc1CNc1ccc(Br)c(F)c1. The monoisotopic (exact) mass is 299 g/mol. The van der Waals surface area contributed by atoms with Crippen LogP contribution in [-0.4, -0.2) is 0 Å². The number of nitrogens with one attached hydrogen (secondary N) is 1. The van der Waals surface area contributed by atoms with E-state index in [9.17, 15) is 4.39 Å². The van der Waals surface area contributed by atoms with E-state index in [4.69, 9.17) is 0 Å². The third kappa shape index (κ3) is 2.62. The van der Waals surface area contributed by atoms with E-state index < -0.39 is 0 Å². The van der Waals surface area contributed by atoms with Gasteiger partial charge in [0, 0.05) is 17.1 Å². The summed E-state index contributed by atoms with van der Waals surface area (Å²) in [6.07, 6.45) is 0. The second-order valence-electron chi connectivity index (χ2n) is 3.51. The van der Waals surface area contributed by atoms with Crippen molar-refractivity contribution in [3.8, 4) is 0 Å². The first-order chi connectivity index (χ1) is 7.66. The highest BCUT2D eigenvalue weighted by atomic mass is 79.9. The fourth-order valence-electron chi connectivity index (χ4n) is 1.37. The molecular formula is C12H11BrFNS. The number of thiophene rings is 1. The minimum atomic E-state index is -0.243. The Kier molecular flexibility index (Phi) is 3.61. The molecule has 1 aromatic carbocycles. The molecule has 2 aromatic rings. The van der Waals surface area contributed by atoms with Gasteiger partial charge in [0.15, 0.2) is 0 Å². The quantitative estimate of drug-likeness (QED) is 0.875. The average Bonchev–Trinajstić information content (AvgIpc) is 2.66. The summed E-state index contributed by atoms with van der Waals surface area (Å²) < 4.78 is 13.7. The molecule has 0 bridgehead atoms. The van der Waals surface area contributed by atoms with Crippen molar-refractivity contribution >= 4 is 33.0 Å². The molecule has 2 rings (SSSR count). The van der Waals surface area contributed by atoms with Crippen LogP contribution in [0.3, 0.4) is 0 Å². The summed E-state index contributed by atoms with van der Waals surface area (Å²) >= 11 is 4.84. The number of hydrogen-bond donors (Lipinski definition) is 1. The Hall–Kier alpha value is -0.870. The first-order valence-corrected chi connectivity index (χ1v) is 6.56. The standard InChI is InChI=1S/C12H11BrFNS/c1-8-4-5-16-12(8)7-15-9-2-3-10(13)11(14)6-9/h2-6,15H,7H2,1H3. The number of anilines is 1. The van der Waals surface area contributed by atoms with Crippen molar-refractivity contribution in [3.05, 3.63) is 50.4 Å². The van der Waals surface area contributed by atoms with Crippen molar-refractivity contribution in [1.29, 1.82) is 0 Å². The Morgan fingerprint density at radius 1 is 1.38 bits per heavy atom. The van der Waals surface area contributed by atoms with Gasteiger partial charge >= 0.3 is 0 Å². The fraction of sp³-hybridized carbons (Fsp3) is 0.167. The molecule has 1 heterocycles. The Bertz CT molecular complexity index is 496. The first kappa shape index (κ1) is 11.6. The summed E-state index contributed by atoms with van der Waals surface area (Å²) in [7, 11) is 0. The number of aryl methyl sites for hydroxylation is 1. The molecule has 0 amide bonds. The van der Waals surface area contributed by atoms with E-state index in [1.54, 1.807) is 17.4 Å². The molecule has 0 aliphatic carbocycles. The third-order valence-corrected chi connectivity index (χ3v) is 4.01. The minimum Gasteiger partial charge on any atom is -0.380 e. The predicted molar refractivity (Wildman–Crippen MR) is 70.5 cm³/mol. The van der Waals surface area contributed by atoms with Crippen LogP contribution in [0.15, 0.2) is 34.1 Å². The second-order valence-corrected chi connectivity index (χ2v) is 5.36. The molecule has 1 aromatic heterocycles. The van der Waals surface area contributed by atoms with E-state index in [-0.39, 0.29) is 5.82 Å². The second kappa shape index (κ2) is 4.97. The van der Waals surface area contributed by atoms with Crippen molar-refractivity contribution in [2.45, 2.75) is 13.5 Å². The van der Waals surface area contributed by atoms with Gasteiger partial charge in [-0.05, 0) is 58.1 Å². The highest BCUT2D eigenvalue weighted by Crippen LogP contribution is 2.21. The summed E-state index contributed by atoms with van der Waals surface area (Å²) in [5.41, 5.74) is 2.07. The zero-order valence-corrected chi connectivity index (χ0v) is 11.2. The number of benzene rings is 1. The highest BCUT2D eigenvalue weighted by molar-refractivity contribution is 9.10. The molecule has 0 saturated carbocycles. The smallest absolute Gasteiger partial charge is 0.139 e. The lowest BCUT2D eigenvalue weighted by molar-refractivity contribution is 0.621. The molecule has 1 N–H and O–H groups in total. The maximum absolute atomic E-state index is 13.2. The average molecular weight is 300 g/mol. The van der Waals surface area contributed by atoms with Crippen LogP contribution < -0.4 is 5.32 Å². The molecular weight excluding hydrogens is 289 g/mol. The van der Waals surface area contributed by atoms with Crippen LogP contribution in [0.4, 0.5) is 10.1 Å². The molecule has 0 unspecified atom stereocenters. The lowest BCUT2D eigenvalue weighted by Gasteiger charge is -2.06. The van der Waals surface area contributed by atoms with E-state index in [1.165, 1.54) is 16.5 Å². The highest BCUT2D eigenvalue weighted by Gasteiger charge is 2.02. The largest absolute Gasteiger partial charge is 0.380 e. The van der Waals surface area contributed by atoms with Crippen LogP contribution in [0.5, 0.6) is 0 Å². The van der Waals surface area contributed by atoms with E-state index in [0.717, 1.165) is 12.2 Å². The molecule has 4 heteroatoms. The lowest BCUT2D eigenvalue weighted by Crippen LogP contribution is -1.99. The Morgan fingerprint density at radius 2 is 2.19 bits per heavy atom. The van der Waals surface area contributed by atoms with Crippen LogP contribution >= 0.6 is 27.3 Å². The maximum Gasteiger partial charge on any atom is 0.139 e. The van der Waals surface area contributed by atoms with Crippen LogP contribution in [0.25, 0.3) is 0 Å². The van der Waals surface area contributed by atoms with Gasteiger partial charge < -0.3 is 5.32 Å². The molecule has 0 fully saturated rings. The summed E-state index contributed by atoms with van der Waals surface area (Å²) in [5.74, 6) is -0.243. The molecule has 1 nitrogen and oxygen atoms in total. The Morgan fingerprint density at radius 3 is 2.81 bits per heavy atom. The molecule has 0 saturated heterocycles. The van der Waals surface area contributed by atoms with Gasteiger partial charge in [-0.15, -0.1) is 11.3 Å². The molecule has 16 heavy (non-hydrogen) atoms. The Balaban J connectivity index is 2.05. The fourth-order valence-corrected chi connectivity index (χ4v) is 2.47. The predicted octanol–water partition coefficient (Wildman–Crippen LogP) is 4.57. The van der Waals surface area contributed by atoms with Gasteiger partial charge in [0.1, 0.15) is 5.82 Å². The Labute approximate surface area is 106 Å². The van der Waals surface area contributed by atoms with Crippen molar-refractivity contribution in [1.82, 2.24) is 0 Å². The van der Waals surface area contributed by atoms with E-state index in [2.05, 4.69) is 39.6 Å². The molecule has 0 radical (unpaired) electrons. The zero-order chi connectivity index (χ0) is 11.5. The van der Waals surface area contributed by atoms with Crippen molar-refractivity contribution in [2.75, 3.05) is 5.32 Å². The number of halogens is 2. The van der Waals surface area contributed by atoms with E-state index in [0.29, 0.717) is 4.47 Å². The molecule has 0 atom stereocenters. The summed E-state index contributed by atoms with van der Waals surface area (Å²) in [4.78, 5) is 1.28. The summed E-state index contributed by atoms with van der Waals surface area (Å²) in [5, 5.41) is 5.27. The van der Waals surface area contributed by atoms with Gasteiger partial charge in [-0.1, -0.05) is 0 Å². The lowest BCUT2D eigenvalue weighted by atomic mass is 10.2. The van der Waals surface area contributed by atoms with Gasteiger partial charge in [0.05, 0.1) is 4.47 Å². The molecule has 0 spiro atoms. The molecule has 0 aliphatic heterocycles. The van der Waals surface area contributed by atoms with Crippen LogP contribution in [0, 0.1) is 12.7 Å². The van der Waals surface area contributed by atoms with Crippen LogP contribution in [0.2, 0.25) is 0 Å². The van der Waals surface area contributed by atoms with Gasteiger partial charge in [-0.25, -0.2) is 4.39 Å². The first-order valence-electron chi connectivity index (χ1n) is 4.88. The number of rotatable bonds is 3. The minimum absolute atomic E-state index is 0.243. The summed E-state index contributed by atoms with van der Waals surface area (Å²) in [6, 6.07) is 7.14. The van der Waals surface area contributed by atoms with Crippen molar-refractivity contribution in [3.63, 3.8) is 0 Å². The van der Waals surface area contributed by atoms with Crippen molar-refractivity contribution < 1.29 is 4.39 Å².